The number of imidazole rings is 1. The molecule has 15 heavy (non-hydrogen) atoms. The van der Waals surface area contributed by atoms with Gasteiger partial charge in [0.25, 0.3) is 0 Å². The molecule has 0 bridgehead atoms. The van der Waals surface area contributed by atoms with Gasteiger partial charge in [-0.3, -0.25) is 4.79 Å². The highest BCUT2D eigenvalue weighted by Gasteiger charge is 2.19. The van der Waals surface area contributed by atoms with E-state index in [9.17, 15) is 4.79 Å². The molecule has 2 N–H and O–H groups in total. The Bertz CT molecular complexity index is 351. The first-order valence-electron chi connectivity index (χ1n) is 4.61. The van der Waals surface area contributed by atoms with Crippen molar-refractivity contribution in [2.24, 2.45) is 7.05 Å². The summed E-state index contributed by atoms with van der Waals surface area (Å²) in [5, 5.41) is 18.0. The molecule has 0 aliphatic rings. The second-order valence-corrected chi connectivity index (χ2v) is 4.27. The van der Waals surface area contributed by atoms with Crippen LogP contribution in [0.3, 0.4) is 0 Å². The fourth-order valence-electron chi connectivity index (χ4n) is 1.12. The van der Waals surface area contributed by atoms with E-state index >= 15 is 0 Å². The third-order valence-electron chi connectivity index (χ3n) is 2.10. The van der Waals surface area contributed by atoms with Gasteiger partial charge in [0.15, 0.2) is 5.16 Å². The Morgan fingerprint density at radius 2 is 2.40 bits per heavy atom. The monoisotopic (exact) mass is 230 g/mol. The Labute approximate surface area is 92.1 Å². The molecule has 84 valence electrons. The summed E-state index contributed by atoms with van der Waals surface area (Å²) in [6.07, 6.45) is 2.10. The lowest BCUT2D eigenvalue weighted by Crippen LogP contribution is -2.15. The number of carboxylic acid groups (broad SMARTS) is 1. The molecule has 0 radical (unpaired) electrons. The minimum absolute atomic E-state index is 0.0894. The van der Waals surface area contributed by atoms with E-state index in [1.54, 1.807) is 17.8 Å². The highest BCUT2D eigenvalue weighted by molar-refractivity contribution is 8.00. The molecule has 1 aromatic rings. The SMILES string of the molecule is CCC(Sc1ncc(CO)n1C)C(=O)O. The second kappa shape index (κ2) is 5.18. The van der Waals surface area contributed by atoms with E-state index in [1.165, 1.54) is 11.8 Å². The number of aliphatic hydroxyl groups excluding tert-OH is 1. The number of aliphatic hydroxyl groups is 1. The predicted octanol–water partition coefficient (Wildman–Crippen LogP) is 0.868. The largest absolute Gasteiger partial charge is 0.480 e. The first-order chi connectivity index (χ1) is 7.10. The fraction of sp³-hybridized carbons (Fsp3) is 0.556. The minimum Gasteiger partial charge on any atom is -0.480 e. The summed E-state index contributed by atoms with van der Waals surface area (Å²) in [5.74, 6) is -0.837. The molecule has 0 saturated heterocycles. The maximum atomic E-state index is 10.8. The summed E-state index contributed by atoms with van der Waals surface area (Å²) >= 11 is 1.20. The molecule has 0 amide bonds. The van der Waals surface area contributed by atoms with Crippen molar-refractivity contribution in [3.8, 4) is 0 Å². The van der Waals surface area contributed by atoms with Crippen LogP contribution in [-0.4, -0.2) is 31.0 Å². The molecular weight excluding hydrogens is 216 g/mol. The lowest BCUT2D eigenvalue weighted by molar-refractivity contribution is -0.136. The van der Waals surface area contributed by atoms with Crippen LogP contribution in [0.25, 0.3) is 0 Å². The van der Waals surface area contributed by atoms with Crippen LogP contribution in [0.2, 0.25) is 0 Å². The highest BCUT2D eigenvalue weighted by Crippen LogP contribution is 2.24. The summed E-state index contributed by atoms with van der Waals surface area (Å²) < 4.78 is 1.70. The van der Waals surface area contributed by atoms with Gasteiger partial charge in [0.05, 0.1) is 18.5 Å². The zero-order valence-electron chi connectivity index (χ0n) is 8.67. The maximum absolute atomic E-state index is 10.8. The number of aromatic nitrogens is 2. The second-order valence-electron chi connectivity index (χ2n) is 3.10. The van der Waals surface area contributed by atoms with E-state index < -0.39 is 11.2 Å². The molecule has 1 unspecified atom stereocenters. The van der Waals surface area contributed by atoms with Crippen molar-refractivity contribution in [1.29, 1.82) is 0 Å². The van der Waals surface area contributed by atoms with Gasteiger partial charge in [0, 0.05) is 7.05 Å². The zero-order valence-corrected chi connectivity index (χ0v) is 9.49. The van der Waals surface area contributed by atoms with Gasteiger partial charge in [-0.05, 0) is 6.42 Å². The van der Waals surface area contributed by atoms with Crippen molar-refractivity contribution < 1.29 is 15.0 Å². The van der Waals surface area contributed by atoms with Gasteiger partial charge in [0.2, 0.25) is 0 Å². The average Bonchev–Trinajstić information content (AvgIpc) is 2.55. The van der Waals surface area contributed by atoms with Crippen molar-refractivity contribution in [3.05, 3.63) is 11.9 Å². The third kappa shape index (κ3) is 2.73. The van der Waals surface area contributed by atoms with Gasteiger partial charge < -0.3 is 14.8 Å². The quantitative estimate of drug-likeness (QED) is 0.734. The molecule has 6 heteroatoms. The smallest absolute Gasteiger partial charge is 0.317 e. The number of hydrogen-bond donors (Lipinski definition) is 2. The number of hydrogen-bond acceptors (Lipinski definition) is 4. The Balaban J connectivity index is 2.79. The summed E-state index contributed by atoms with van der Waals surface area (Å²) in [6, 6.07) is 0. The lowest BCUT2D eigenvalue weighted by Gasteiger charge is -2.09. The number of nitrogens with zero attached hydrogens (tertiary/aromatic N) is 2. The van der Waals surface area contributed by atoms with Crippen LogP contribution in [0.15, 0.2) is 11.4 Å². The summed E-state index contributed by atoms with van der Waals surface area (Å²) in [7, 11) is 1.76. The molecule has 0 saturated carbocycles. The minimum atomic E-state index is -0.837. The molecule has 0 aliphatic heterocycles. The zero-order chi connectivity index (χ0) is 11.4. The average molecular weight is 230 g/mol. The maximum Gasteiger partial charge on any atom is 0.317 e. The van der Waals surface area contributed by atoms with Crippen LogP contribution in [0.1, 0.15) is 19.0 Å². The van der Waals surface area contributed by atoms with Crippen LogP contribution in [0, 0.1) is 0 Å². The van der Waals surface area contributed by atoms with Crippen LogP contribution >= 0.6 is 11.8 Å². The summed E-state index contributed by atoms with van der Waals surface area (Å²) in [4.78, 5) is 14.9. The van der Waals surface area contributed by atoms with E-state index in [1.807, 2.05) is 6.92 Å². The van der Waals surface area contributed by atoms with Crippen LogP contribution in [0.5, 0.6) is 0 Å². The van der Waals surface area contributed by atoms with E-state index in [4.69, 9.17) is 10.2 Å². The van der Waals surface area contributed by atoms with E-state index in [-0.39, 0.29) is 6.61 Å². The van der Waals surface area contributed by atoms with E-state index in [0.29, 0.717) is 17.3 Å². The van der Waals surface area contributed by atoms with Crippen LogP contribution < -0.4 is 0 Å². The molecule has 1 heterocycles. The van der Waals surface area contributed by atoms with Gasteiger partial charge in [-0.1, -0.05) is 18.7 Å². The molecule has 0 spiro atoms. The molecule has 0 aliphatic carbocycles. The normalized spacial score (nSPS) is 12.7. The van der Waals surface area contributed by atoms with Crippen molar-refractivity contribution in [2.75, 3.05) is 0 Å². The Hall–Kier alpha value is -1.01. The molecule has 1 rings (SSSR count). The van der Waals surface area contributed by atoms with Gasteiger partial charge >= 0.3 is 5.97 Å². The van der Waals surface area contributed by atoms with Gasteiger partial charge in [-0.25, -0.2) is 4.98 Å². The van der Waals surface area contributed by atoms with Gasteiger partial charge in [0.1, 0.15) is 5.25 Å². The Morgan fingerprint density at radius 1 is 1.73 bits per heavy atom. The highest BCUT2D eigenvalue weighted by atomic mass is 32.2. The first kappa shape index (κ1) is 12.1. The number of carbonyl (C=O) groups is 1. The standard InChI is InChI=1S/C9H14N2O3S/c1-3-7(8(13)14)15-9-10-4-6(5-12)11(9)2/h4,7,12H,3,5H2,1-2H3,(H,13,14). The third-order valence-corrected chi connectivity index (χ3v) is 3.51. The Morgan fingerprint density at radius 3 is 2.80 bits per heavy atom. The molecule has 0 fully saturated rings. The van der Waals surface area contributed by atoms with E-state index in [0.717, 1.165) is 0 Å². The Kier molecular flexibility index (Phi) is 4.16. The van der Waals surface area contributed by atoms with E-state index in [2.05, 4.69) is 4.98 Å². The number of carboxylic acids is 1. The van der Waals surface area contributed by atoms with Gasteiger partial charge in [-0.15, -0.1) is 0 Å². The number of aliphatic carboxylic acids is 1. The molecule has 1 aromatic heterocycles. The molecule has 1 atom stereocenters. The van der Waals surface area contributed by atoms with Crippen molar-refractivity contribution in [2.45, 2.75) is 30.4 Å². The van der Waals surface area contributed by atoms with Crippen LogP contribution in [-0.2, 0) is 18.4 Å². The van der Waals surface area contributed by atoms with Crippen molar-refractivity contribution in [1.82, 2.24) is 9.55 Å². The van der Waals surface area contributed by atoms with Gasteiger partial charge in [-0.2, -0.15) is 0 Å². The number of rotatable bonds is 5. The first-order valence-corrected chi connectivity index (χ1v) is 5.49. The molecule has 0 aromatic carbocycles. The summed E-state index contributed by atoms with van der Waals surface area (Å²) in [6.45, 7) is 1.73. The molecular formula is C9H14N2O3S. The van der Waals surface area contributed by atoms with Crippen molar-refractivity contribution in [3.63, 3.8) is 0 Å². The molecule has 5 nitrogen and oxygen atoms in total. The van der Waals surface area contributed by atoms with Crippen molar-refractivity contribution >= 4 is 17.7 Å². The lowest BCUT2D eigenvalue weighted by atomic mass is 10.3. The summed E-state index contributed by atoms with van der Waals surface area (Å²) in [5.41, 5.74) is 0.678. The topological polar surface area (TPSA) is 75.4 Å². The fourth-order valence-corrected chi connectivity index (χ4v) is 2.03. The predicted molar refractivity (Wildman–Crippen MR) is 56.7 cm³/mol. The van der Waals surface area contributed by atoms with Crippen LogP contribution in [0.4, 0.5) is 0 Å². The number of thioether (sulfide) groups is 1.